The van der Waals surface area contributed by atoms with Crippen LogP contribution in [0.15, 0.2) is 30.3 Å². The van der Waals surface area contributed by atoms with Gasteiger partial charge in [-0.1, -0.05) is 13.0 Å². The Morgan fingerprint density at radius 1 is 1.17 bits per heavy atom. The van der Waals surface area contributed by atoms with Crippen LogP contribution >= 0.6 is 0 Å². The van der Waals surface area contributed by atoms with Crippen molar-refractivity contribution in [2.45, 2.75) is 27.2 Å². The Bertz CT molecular complexity index is 686. The van der Waals surface area contributed by atoms with Crippen LogP contribution in [-0.4, -0.2) is 28.0 Å². The summed E-state index contributed by atoms with van der Waals surface area (Å²) in [5, 5.41) is 13.9. The molecule has 0 bridgehead atoms. The molecule has 0 saturated heterocycles. The maximum Gasteiger partial charge on any atom is 0.271 e. The molecule has 0 amide bonds. The quantitative estimate of drug-likeness (QED) is 0.621. The third-order valence-electron chi connectivity index (χ3n) is 3.53. The van der Waals surface area contributed by atoms with Crippen molar-refractivity contribution in [1.82, 2.24) is 9.97 Å². The van der Waals surface area contributed by atoms with Crippen LogP contribution in [0.1, 0.15) is 26.5 Å². The van der Waals surface area contributed by atoms with Crippen LogP contribution in [0.25, 0.3) is 0 Å². The summed E-state index contributed by atoms with van der Waals surface area (Å²) >= 11 is 0. The van der Waals surface area contributed by atoms with Crippen LogP contribution in [0, 0.1) is 10.1 Å². The molecule has 0 spiro atoms. The molecule has 0 unspecified atom stereocenters. The van der Waals surface area contributed by atoms with Gasteiger partial charge in [0, 0.05) is 42.7 Å². The second-order valence-corrected chi connectivity index (χ2v) is 5.00. The maximum absolute atomic E-state index is 10.9. The molecule has 7 nitrogen and oxygen atoms in total. The topological polar surface area (TPSA) is 84.2 Å². The van der Waals surface area contributed by atoms with Gasteiger partial charge in [-0.05, 0) is 26.3 Å². The fourth-order valence-corrected chi connectivity index (χ4v) is 2.26. The number of anilines is 3. The van der Waals surface area contributed by atoms with Crippen LogP contribution in [0.3, 0.4) is 0 Å². The Morgan fingerprint density at radius 2 is 1.91 bits per heavy atom. The molecule has 0 fully saturated rings. The lowest BCUT2D eigenvalue weighted by molar-refractivity contribution is -0.384. The fraction of sp³-hybridized carbons (Fsp3) is 0.375. The van der Waals surface area contributed by atoms with E-state index in [1.54, 1.807) is 12.1 Å². The van der Waals surface area contributed by atoms with E-state index in [-0.39, 0.29) is 5.69 Å². The van der Waals surface area contributed by atoms with Crippen LogP contribution in [0.2, 0.25) is 0 Å². The predicted molar refractivity (Wildman–Crippen MR) is 91.4 cm³/mol. The van der Waals surface area contributed by atoms with E-state index in [4.69, 9.17) is 0 Å². The van der Waals surface area contributed by atoms with Gasteiger partial charge in [0.15, 0.2) is 0 Å². The maximum atomic E-state index is 10.9. The number of nitrogens with zero attached hydrogens (tertiary/aromatic N) is 4. The molecular weight excluding hydrogens is 294 g/mol. The zero-order valence-electron chi connectivity index (χ0n) is 13.6. The van der Waals surface area contributed by atoms with Crippen molar-refractivity contribution < 1.29 is 4.92 Å². The Balaban J connectivity index is 2.33. The van der Waals surface area contributed by atoms with Crippen molar-refractivity contribution in [3.05, 3.63) is 46.1 Å². The van der Waals surface area contributed by atoms with Gasteiger partial charge >= 0.3 is 0 Å². The molecule has 122 valence electrons. The average molecular weight is 315 g/mol. The summed E-state index contributed by atoms with van der Waals surface area (Å²) in [6, 6.07) is 8.29. The minimum Gasteiger partial charge on any atom is -0.357 e. The van der Waals surface area contributed by atoms with Gasteiger partial charge in [0.2, 0.25) is 5.95 Å². The second-order valence-electron chi connectivity index (χ2n) is 5.00. The molecule has 0 aliphatic rings. The van der Waals surface area contributed by atoms with E-state index < -0.39 is 4.92 Å². The average Bonchev–Trinajstić information content (AvgIpc) is 2.56. The summed E-state index contributed by atoms with van der Waals surface area (Å²) in [5.74, 6) is 1.31. The SMILES string of the molecule is CCc1cc(N(CC)CC)nc(Nc2cccc([N+](=O)[O-])c2)n1. The largest absolute Gasteiger partial charge is 0.357 e. The Labute approximate surface area is 135 Å². The number of benzene rings is 1. The standard InChI is InChI=1S/C16H21N5O2/c1-4-12-11-15(20(5-2)6-3)19-16(17-12)18-13-8-7-9-14(10-13)21(22)23/h7-11H,4-6H2,1-3H3,(H,17,18,19). The Hall–Kier alpha value is -2.70. The van der Waals surface area contributed by atoms with E-state index >= 15 is 0 Å². The summed E-state index contributed by atoms with van der Waals surface area (Å²) in [7, 11) is 0. The lowest BCUT2D eigenvalue weighted by Crippen LogP contribution is -2.23. The van der Waals surface area contributed by atoms with Crippen molar-refractivity contribution in [2.24, 2.45) is 0 Å². The molecule has 1 N–H and O–H groups in total. The van der Waals surface area contributed by atoms with Gasteiger partial charge in [-0.25, -0.2) is 4.98 Å². The molecule has 0 radical (unpaired) electrons. The number of aromatic nitrogens is 2. The number of nitrogens with one attached hydrogen (secondary N) is 1. The molecule has 7 heteroatoms. The predicted octanol–water partition coefficient (Wildman–Crippen LogP) is 3.54. The lowest BCUT2D eigenvalue weighted by atomic mass is 10.3. The van der Waals surface area contributed by atoms with Gasteiger partial charge in [0.25, 0.3) is 5.69 Å². The summed E-state index contributed by atoms with van der Waals surface area (Å²) in [6.07, 6.45) is 0.792. The molecule has 0 aliphatic carbocycles. The third-order valence-corrected chi connectivity index (χ3v) is 3.53. The fourth-order valence-electron chi connectivity index (χ4n) is 2.26. The van der Waals surface area contributed by atoms with E-state index in [1.165, 1.54) is 12.1 Å². The smallest absolute Gasteiger partial charge is 0.271 e. The second kappa shape index (κ2) is 7.53. The third kappa shape index (κ3) is 4.15. The number of hydrogen-bond donors (Lipinski definition) is 1. The van der Waals surface area contributed by atoms with Gasteiger partial charge in [-0.3, -0.25) is 10.1 Å². The first kappa shape index (κ1) is 16.7. The summed E-state index contributed by atoms with van der Waals surface area (Å²) in [6.45, 7) is 7.89. The molecule has 23 heavy (non-hydrogen) atoms. The molecular formula is C16H21N5O2. The summed E-state index contributed by atoms with van der Waals surface area (Å²) in [4.78, 5) is 21.6. The van der Waals surface area contributed by atoms with Crippen molar-refractivity contribution in [2.75, 3.05) is 23.3 Å². The van der Waals surface area contributed by atoms with Crippen LogP contribution in [0.4, 0.5) is 23.1 Å². The minimum atomic E-state index is -0.421. The zero-order valence-corrected chi connectivity index (χ0v) is 13.6. The number of nitro groups is 1. The first-order chi connectivity index (χ1) is 11.1. The number of rotatable bonds is 7. The number of nitro benzene ring substituents is 1. The van der Waals surface area contributed by atoms with Crippen molar-refractivity contribution >= 4 is 23.1 Å². The highest BCUT2D eigenvalue weighted by Crippen LogP contribution is 2.22. The van der Waals surface area contributed by atoms with E-state index in [0.717, 1.165) is 31.0 Å². The van der Waals surface area contributed by atoms with Gasteiger partial charge in [0.1, 0.15) is 5.82 Å². The molecule has 2 rings (SSSR count). The van der Waals surface area contributed by atoms with E-state index in [2.05, 4.69) is 34.0 Å². The lowest BCUT2D eigenvalue weighted by Gasteiger charge is -2.21. The van der Waals surface area contributed by atoms with E-state index in [1.807, 2.05) is 13.0 Å². The Morgan fingerprint density at radius 3 is 2.52 bits per heavy atom. The molecule has 1 aromatic heterocycles. The monoisotopic (exact) mass is 315 g/mol. The highest BCUT2D eigenvalue weighted by Gasteiger charge is 2.10. The highest BCUT2D eigenvalue weighted by atomic mass is 16.6. The number of hydrogen-bond acceptors (Lipinski definition) is 6. The van der Waals surface area contributed by atoms with Crippen molar-refractivity contribution in [3.63, 3.8) is 0 Å². The van der Waals surface area contributed by atoms with Crippen LogP contribution in [0.5, 0.6) is 0 Å². The van der Waals surface area contributed by atoms with Gasteiger partial charge < -0.3 is 10.2 Å². The van der Waals surface area contributed by atoms with Gasteiger partial charge in [-0.2, -0.15) is 4.98 Å². The molecule has 0 aliphatic heterocycles. The molecule has 0 saturated carbocycles. The van der Waals surface area contributed by atoms with Gasteiger partial charge in [-0.15, -0.1) is 0 Å². The number of aryl methyl sites for hydroxylation is 1. The zero-order chi connectivity index (χ0) is 16.8. The molecule has 2 aromatic rings. The van der Waals surface area contributed by atoms with E-state index in [0.29, 0.717) is 11.6 Å². The van der Waals surface area contributed by atoms with E-state index in [9.17, 15) is 10.1 Å². The highest BCUT2D eigenvalue weighted by molar-refractivity contribution is 5.59. The van der Waals surface area contributed by atoms with Crippen molar-refractivity contribution in [3.8, 4) is 0 Å². The Kier molecular flexibility index (Phi) is 5.46. The van der Waals surface area contributed by atoms with Crippen molar-refractivity contribution in [1.29, 1.82) is 0 Å². The molecule has 1 heterocycles. The summed E-state index contributed by atoms with van der Waals surface area (Å²) < 4.78 is 0. The number of non-ortho nitro benzene ring substituents is 1. The minimum absolute atomic E-state index is 0.0330. The normalized spacial score (nSPS) is 10.4. The van der Waals surface area contributed by atoms with Crippen LogP contribution < -0.4 is 10.2 Å². The molecule has 0 atom stereocenters. The molecule has 1 aromatic carbocycles. The van der Waals surface area contributed by atoms with Gasteiger partial charge in [0.05, 0.1) is 4.92 Å². The summed E-state index contributed by atoms with van der Waals surface area (Å²) in [5.41, 5.74) is 1.55. The first-order valence-electron chi connectivity index (χ1n) is 7.71. The first-order valence-corrected chi connectivity index (χ1v) is 7.71. The van der Waals surface area contributed by atoms with Crippen LogP contribution in [-0.2, 0) is 6.42 Å².